The quantitative estimate of drug-likeness (QED) is 0.413. The summed E-state index contributed by atoms with van der Waals surface area (Å²) in [6, 6.07) is 14.6. The third-order valence-corrected chi connectivity index (χ3v) is 5.06. The zero-order valence-electron chi connectivity index (χ0n) is 17.8. The Morgan fingerprint density at radius 3 is 2.41 bits per heavy atom. The van der Waals surface area contributed by atoms with Crippen LogP contribution in [0.2, 0.25) is 0 Å². The molecule has 0 saturated heterocycles. The number of aromatic nitrogens is 3. The van der Waals surface area contributed by atoms with Crippen LogP contribution in [-0.2, 0) is 0 Å². The molecule has 4 rings (SSSR count). The lowest BCUT2D eigenvalue weighted by Crippen LogP contribution is -2.19. The van der Waals surface area contributed by atoms with Crippen LogP contribution in [0.1, 0.15) is 6.42 Å². The van der Waals surface area contributed by atoms with Gasteiger partial charge >= 0.3 is 0 Å². The van der Waals surface area contributed by atoms with Crippen molar-refractivity contribution in [2.75, 3.05) is 32.3 Å². The Balaban J connectivity index is 1.80. The van der Waals surface area contributed by atoms with Gasteiger partial charge in [0, 0.05) is 48.9 Å². The fourth-order valence-electron chi connectivity index (χ4n) is 3.46. The summed E-state index contributed by atoms with van der Waals surface area (Å²) in [6.45, 7) is 0.609. The highest BCUT2D eigenvalue weighted by Gasteiger charge is 2.15. The van der Waals surface area contributed by atoms with E-state index in [0.717, 1.165) is 11.4 Å². The number of fused-ring (bicyclic) bond motifs is 1. The van der Waals surface area contributed by atoms with Gasteiger partial charge in [-0.15, -0.1) is 0 Å². The van der Waals surface area contributed by atoms with Crippen molar-refractivity contribution in [1.82, 2.24) is 15.0 Å². The van der Waals surface area contributed by atoms with E-state index in [1.807, 2.05) is 35.2 Å². The average molecular weight is 434 g/mol. The molecule has 7 nitrogen and oxygen atoms in total. The molecule has 0 aliphatic rings. The Hall–Kier alpha value is -3.78. The van der Waals surface area contributed by atoms with E-state index in [9.17, 15) is 9.50 Å². The number of hydrogen-bond acceptors (Lipinski definition) is 7. The van der Waals surface area contributed by atoms with Gasteiger partial charge in [-0.3, -0.25) is 4.98 Å². The van der Waals surface area contributed by atoms with E-state index in [4.69, 9.17) is 9.47 Å². The number of anilines is 2. The fraction of sp³-hybridized carbons (Fsp3) is 0.208. The normalized spacial score (nSPS) is 10.9. The molecule has 0 aliphatic heterocycles. The number of benzene rings is 2. The van der Waals surface area contributed by atoms with Crippen LogP contribution in [0.3, 0.4) is 0 Å². The molecule has 0 amide bonds. The van der Waals surface area contributed by atoms with Crippen LogP contribution in [0.4, 0.5) is 15.8 Å². The molecule has 0 radical (unpaired) electrons. The molecule has 2 aromatic heterocycles. The van der Waals surface area contributed by atoms with Gasteiger partial charge in [-0.25, -0.2) is 9.97 Å². The van der Waals surface area contributed by atoms with E-state index in [2.05, 4.69) is 15.0 Å². The van der Waals surface area contributed by atoms with Crippen LogP contribution >= 0.6 is 0 Å². The Labute approximate surface area is 185 Å². The number of aliphatic hydroxyl groups excluding tert-OH is 1. The SMILES string of the molecule is COc1cc(OC)cc(N(CCCO)c2ccc3ncc(-c4cccnc4F)nc3c2)c1. The third kappa shape index (κ3) is 4.45. The molecule has 0 saturated carbocycles. The molecule has 0 unspecified atom stereocenters. The second kappa shape index (κ2) is 9.57. The molecule has 0 spiro atoms. The van der Waals surface area contributed by atoms with Crippen LogP contribution in [-0.4, -0.2) is 47.4 Å². The lowest BCUT2D eigenvalue weighted by atomic mass is 10.1. The van der Waals surface area contributed by atoms with Gasteiger partial charge in [-0.05, 0) is 36.8 Å². The van der Waals surface area contributed by atoms with Gasteiger partial charge in [0.25, 0.3) is 0 Å². The van der Waals surface area contributed by atoms with Crippen molar-refractivity contribution in [2.45, 2.75) is 6.42 Å². The first-order chi connectivity index (χ1) is 15.6. The molecule has 0 atom stereocenters. The van der Waals surface area contributed by atoms with Gasteiger partial charge in [-0.1, -0.05) is 0 Å². The lowest BCUT2D eigenvalue weighted by Gasteiger charge is -2.26. The molecule has 0 fully saturated rings. The van der Waals surface area contributed by atoms with E-state index >= 15 is 0 Å². The Morgan fingerprint density at radius 1 is 0.938 bits per heavy atom. The van der Waals surface area contributed by atoms with Crippen molar-refractivity contribution < 1.29 is 19.0 Å². The van der Waals surface area contributed by atoms with Crippen molar-refractivity contribution in [2.24, 2.45) is 0 Å². The summed E-state index contributed by atoms with van der Waals surface area (Å²) in [4.78, 5) is 14.8. The molecular weight excluding hydrogens is 411 g/mol. The van der Waals surface area contributed by atoms with Gasteiger partial charge in [0.1, 0.15) is 11.5 Å². The molecule has 2 heterocycles. The number of aliphatic hydroxyl groups is 1. The van der Waals surface area contributed by atoms with E-state index in [-0.39, 0.29) is 6.61 Å². The lowest BCUT2D eigenvalue weighted by molar-refractivity contribution is 0.291. The highest BCUT2D eigenvalue weighted by atomic mass is 19.1. The van der Waals surface area contributed by atoms with Crippen LogP contribution in [0.15, 0.2) is 60.9 Å². The summed E-state index contributed by atoms with van der Waals surface area (Å²) in [5, 5.41) is 9.43. The largest absolute Gasteiger partial charge is 0.497 e. The fourth-order valence-corrected chi connectivity index (χ4v) is 3.46. The minimum absolute atomic E-state index is 0.0510. The molecule has 4 aromatic rings. The van der Waals surface area contributed by atoms with Crippen LogP contribution < -0.4 is 14.4 Å². The predicted octanol–water partition coefficient (Wildman–Crippen LogP) is 4.37. The first-order valence-electron chi connectivity index (χ1n) is 10.1. The summed E-state index contributed by atoms with van der Waals surface area (Å²) < 4.78 is 25.0. The maximum absolute atomic E-state index is 14.2. The van der Waals surface area contributed by atoms with E-state index in [0.29, 0.717) is 46.8 Å². The Bertz CT molecular complexity index is 1210. The number of pyridine rings is 1. The monoisotopic (exact) mass is 434 g/mol. The van der Waals surface area contributed by atoms with Crippen molar-refractivity contribution in [3.05, 3.63) is 66.9 Å². The van der Waals surface area contributed by atoms with Gasteiger partial charge in [0.15, 0.2) is 0 Å². The highest BCUT2D eigenvalue weighted by Crippen LogP contribution is 2.34. The summed E-state index contributed by atoms with van der Waals surface area (Å²) in [5.74, 6) is 0.719. The molecule has 0 aliphatic carbocycles. The number of methoxy groups -OCH3 is 2. The summed E-state index contributed by atoms with van der Waals surface area (Å²) in [6.07, 6.45) is 3.50. The number of ether oxygens (including phenoxy) is 2. The predicted molar refractivity (Wildman–Crippen MR) is 121 cm³/mol. The van der Waals surface area contributed by atoms with Crippen LogP contribution in [0.5, 0.6) is 11.5 Å². The number of nitrogens with zero attached hydrogens (tertiary/aromatic N) is 4. The van der Waals surface area contributed by atoms with Gasteiger partial charge < -0.3 is 19.5 Å². The van der Waals surface area contributed by atoms with Crippen molar-refractivity contribution in [3.63, 3.8) is 0 Å². The molecule has 2 aromatic carbocycles. The average Bonchev–Trinajstić information content (AvgIpc) is 2.83. The topological polar surface area (TPSA) is 80.6 Å². The maximum atomic E-state index is 14.2. The van der Waals surface area contributed by atoms with Gasteiger partial charge in [0.05, 0.1) is 42.7 Å². The van der Waals surface area contributed by atoms with Crippen LogP contribution in [0, 0.1) is 5.95 Å². The number of hydrogen-bond donors (Lipinski definition) is 1. The number of rotatable bonds is 8. The molecule has 0 bridgehead atoms. The standard InChI is InChI=1S/C24H23FN4O3/c1-31-18-11-17(12-19(14-18)32-2)29(9-4-10-30)16-6-7-21-22(13-16)28-23(15-27-21)20-5-3-8-26-24(20)25/h3,5-8,11-15,30H,4,9-10H2,1-2H3. The van der Waals surface area contributed by atoms with Crippen molar-refractivity contribution in [1.29, 1.82) is 0 Å². The zero-order chi connectivity index (χ0) is 22.5. The second-order valence-corrected chi connectivity index (χ2v) is 7.07. The molecular formula is C24H23FN4O3. The Kier molecular flexibility index (Phi) is 6.42. The first-order valence-corrected chi connectivity index (χ1v) is 10.1. The second-order valence-electron chi connectivity index (χ2n) is 7.07. The highest BCUT2D eigenvalue weighted by molar-refractivity contribution is 5.82. The summed E-state index contributed by atoms with van der Waals surface area (Å²) >= 11 is 0. The van der Waals surface area contributed by atoms with Crippen molar-refractivity contribution >= 4 is 22.4 Å². The van der Waals surface area contributed by atoms with Crippen molar-refractivity contribution in [3.8, 4) is 22.8 Å². The minimum Gasteiger partial charge on any atom is -0.497 e. The maximum Gasteiger partial charge on any atom is 0.222 e. The minimum atomic E-state index is -0.592. The molecule has 32 heavy (non-hydrogen) atoms. The molecule has 1 N–H and O–H groups in total. The van der Waals surface area contributed by atoms with Crippen LogP contribution in [0.25, 0.3) is 22.3 Å². The number of halogens is 1. The zero-order valence-corrected chi connectivity index (χ0v) is 17.8. The molecule has 164 valence electrons. The first kappa shape index (κ1) is 21.5. The van der Waals surface area contributed by atoms with Gasteiger partial charge in [-0.2, -0.15) is 4.39 Å². The summed E-state index contributed by atoms with van der Waals surface area (Å²) in [7, 11) is 3.20. The smallest absolute Gasteiger partial charge is 0.222 e. The van der Waals surface area contributed by atoms with E-state index in [1.165, 1.54) is 6.20 Å². The van der Waals surface area contributed by atoms with E-state index < -0.39 is 5.95 Å². The van der Waals surface area contributed by atoms with Gasteiger partial charge in [0.2, 0.25) is 5.95 Å². The third-order valence-electron chi connectivity index (χ3n) is 5.06. The summed E-state index contributed by atoms with van der Waals surface area (Å²) in [5.41, 5.74) is 3.70. The Morgan fingerprint density at radius 2 is 1.72 bits per heavy atom. The van der Waals surface area contributed by atoms with E-state index in [1.54, 1.807) is 38.6 Å². The molecule has 8 heteroatoms.